The molecular formula is C7H12N2O. The van der Waals surface area contributed by atoms with Crippen LogP contribution in [0.25, 0.3) is 0 Å². The lowest BCUT2D eigenvalue weighted by atomic mass is 10.3. The van der Waals surface area contributed by atoms with Crippen LogP contribution in [0.2, 0.25) is 0 Å². The van der Waals surface area contributed by atoms with Crippen molar-refractivity contribution in [3.8, 4) is 0 Å². The number of aryl methyl sites for hydroxylation is 1. The van der Waals surface area contributed by atoms with Crippen LogP contribution in [-0.2, 0) is 17.8 Å². The number of H-pyrrole nitrogens is 1. The monoisotopic (exact) mass is 140 g/mol. The van der Waals surface area contributed by atoms with Gasteiger partial charge in [0.2, 0.25) is 0 Å². The average molecular weight is 140 g/mol. The normalized spacial score (nSPS) is 10.2. The van der Waals surface area contributed by atoms with Crippen molar-refractivity contribution in [3.63, 3.8) is 0 Å². The fraction of sp³-hybridized carbons (Fsp3) is 0.571. The number of hydrogen-bond acceptors (Lipinski definition) is 2. The van der Waals surface area contributed by atoms with Gasteiger partial charge < -0.3 is 9.72 Å². The number of imidazole rings is 1. The Bertz CT molecular complexity index is 195. The van der Waals surface area contributed by atoms with Crippen molar-refractivity contribution in [1.82, 2.24) is 9.97 Å². The zero-order valence-corrected chi connectivity index (χ0v) is 6.35. The Kier molecular flexibility index (Phi) is 2.45. The van der Waals surface area contributed by atoms with Gasteiger partial charge in [0.05, 0.1) is 24.3 Å². The summed E-state index contributed by atoms with van der Waals surface area (Å²) < 4.78 is 4.96. The fourth-order valence-corrected chi connectivity index (χ4v) is 0.923. The van der Waals surface area contributed by atoms with Crippen LogP contribution in [0.15, 0.2) is 6.33 Å². The molecule has 0 spiro atoms. The molecule has 0 atom stereocenters. The molecule has 1 rings (SSSR count). The first-order chi connectivity index (χ1) is 4.88. The largest absolute Gasteiger partial charge is 0.378 e. The summed E-state index contributed by atoms with van der Waals surface area (Å²) in [5, 5.41) is 0. The van der Waals surface area contributed by atoms with Crippen molar-refractivity contribution in [1.29, 1.82) is 0 Å². The molecule has 1 heterocycles. The van der Waals surface area contributed by atoms with E-state index in [0.717, 1.165) is 17.8 Å². The van der Waals surface area contributed by atoms with E-state index in [1.807, 2.05) is 0 Å². The Morgan fingerprint density at radius 1 is 1.70 bits per heavy atom. The van der Waals surface area contributed by atoms with E-state index in [0.29, 0.717) is 6.61 Å². The Labute approximate surface area is 60.4 Å². The van der Waals surface area contributed by atoms with Crippen LogP contribution in [0.1, 0.15) is 18.3 Å². The summed E-state index contributed by atoms with van der Waals surface area (Å²) in [5.74, 6) is 0. The molecule has 0 radical (unpaired) electrons. The summed E-state index contributed by atoms with van der Waals surface area (Å²) in [4.78, 5) is 7.14. The van der Waals surface area contributed by atoms with Gasteiger partial charge in [0.1, 0.15) is 0 Å². The first kappa shape index (κ1) is 7.28. The summed E-state index contributed by atoms with van der Waals surface area (Å²) in [7, 11) is 1.68. The summed E-state index contributed by atoms with van der Waals surface area (Å²) >= 11 is 0. The van der Waals surface area contributed by atoms with Crippen LogP contribution in [0.4, 0.5) is 0 Å². The van der Waals surface area contributed by atoms with Crippen molar-refractivity contribution < 1.29 is 4.74 Å². The zero-order valence-electron chi connectivity index (χ0n) is 6.35. The fourth-order valence-electron chi connectivity index (χ4n) is 0.923. The molecule has 0 aliphatic carbocycles. The van der Waals surface area contributed by atoms with Crippen molar-refractivity contribution >= 4 is 0 Å². The molecule has 0 aliphatic rings. The lowest BCUT2D eigenvalue weighted by molar-refractivity contribution is 0.181. The minimum Gasteiger partial charge on any atom is -0.378 e. The first-order valence-corrected chi connectivity index (χ1v) is 3.38. The third-order valence-corrected chi connectivity index (χ3v) is 1.43. The molecule has 3 heteroatoms. The van der Waals surface area contributed by atoms with Gasteiger partial charge in [-0.25, -0.2) is 4.98 Å². The number of nitrogens with one attached hydrogen (secondary N) is 1. The number of rotatable bonds is 3. The van der Waals surface area contributed by atoms with E-state index in [9.17, 15) is 0 Å². The molecule has 3 nitrogen and oxygen atoms in total. The quantitative estimate of drug-likeness (QED) is 0.683. The van der Waals surface area contributed by atoms with E-state index in [2.05, 4.69) is 16.9 Å². The smallest absolute Gasteiger partial charge is 0.0925 e. The molecule has 0 aromatic carbocycles. The highest BCUT2D eigenvalue weighted by molar-refractivity contribution is 5.09. The second kappa shape index (κ2) is 3.37. The Hall–Kier alpha value is -0.830. The topological polar surface area (TPSA) is 37.9 Å². The molecule has 0 saturated carbocycles. The van der Waals surface area contributed by atoms with Crippen LogP contribution in [0.3, 0.4) is 0 Å². The van der Waals surface area contributed by atoms with Gasteiger partial charge in [-0.3, -0.25) is 0 Å². The van der Waals surface area contributed by atoms with Gasteiger partial charge in [0.15, 0.2) is 0 Å². The predicted octanol–water partition coefficient (Wildman–Crippen LogP) is 1.12. The molecule has 0 unspecified atom stereocenters. The molecule has 0 fully saturated rings. The third-order valence-electron chi connectivity index (χ3n) is 1.43. The molecule has 1 aromatic heterocycles. The molecule has 0 saturated heterocycles. The number of ether oxygens (including phenoxy) is 1. The summed E-state index contributed by atoms with van der Waals surface area (Å²) in [6.45, 7) is 2.71. The first-order valence-electron chi connectivity index (χ1n) is 3.38. The minimum absolute atomic E-state index is 0.628. The maximum absolute atomic E-state index is 4.96. The highest BCUT2D eigenvalue weighted by Gasteiger charge is 2.00. The van der Waals surface area contributed by atoms with Crippen LogP contribution < -0.4 is 0 Å². The predicted molar refractivity (Wildman–Crippen MR) is 38.7 cm³/mol. The van der Waals surface area contributed by atoms with Crippen molar-refractivity contribution in [2.24, 2.45) is 0 Å². The maximum atomic E-state index is 4.96. The van der Waals surface area contributed by atoms with Gasteiger partial charge in [0.25, 0.3) is 0 Å². The molecular weight excluding hydrogens is 128 g/mol. The van der Waals surface area contributed by atoms with Crippen molar-refractivity contribution in [2.75, 3.05) is 7.11 Å². The third kappa shape index (κ3) is 1.36. The van der Waals surface area contributed by atoms with E-state index in [1.165, 1.54) is 0 Å². The second-order valence-electron chi connectivity index (χ2n) is 2.11. The summed E-state index contributed by atoms with van der Waals surface area (Å²) in [6.07, 6.45) is 2.66. The second-order valence-corrected chi connectivity index (χ2v) is 2.11. The standard InChI is InChI=1S/C7H12N2O/c1-3-6-7(4-10-2)9-5-8-6/h5H,3-4H2,1-2H3,(H,8,9). The van der Waals surface area contributed by atoms with Crippen LogP contribution in [-0.4, -0.2) is 17.1 Å². The lowest BCUT2D eigenvalue weighted by Gasteiger charge is -1.96. The molecule has 0 aliphatic heterocycles. The Balaban J connectivity index is 2.70. The highest BCUT2D eigenvalue weighted by Crippen LogP contribution is 2.03. The van der Waals surface area contributed by atoms with E-state index >= 15 is 0 Å². The van der Waals surface area contributed by atoms with Crippen LogP contribution in [0.5, 0.6) is 0 Å². The molecule has 1 N–H and O–H groups in total. The van der Waals surface area contributed by atoms with Crippen molar-refractivity contribution in [3.05, 3.63) is 17.7 Å². The van der Waals surface area contributed by atoms with Crippen molar-refractivity contribution in [2.45, 2.75) is 20.0 Å². The van der Waals surface area contributed by atoms with Crippen LogP contribution in [0, 0.1) is 0 Å². The van der Waals surface area contributed by atoms with Gasteiger partial charge in [-0.2, -0.15) is 0 Å². The molecule has 0 bridgehead atoms. The zero-order chi connectivity index (χ0) is 7.40. The molecule has 0 amide bonds. The maximum Gasteiger partial charge on any atom is 0.0925 e. The van der Waals surface area contributed by atoms with E-state index in [4.69, 9.17) is 4.74 Å². The number of hydrogen-bond donors (Lipinski definition) is 1. The summed E-state index contributed by atoms with van der Waals surface area (Å²) in [5.41, 5.74) is 2.19. The number of nitrogens with zero attached hydrogens (tertiary/aromatic N) is 1. The number of aromatic nitrogens is 2. The highest BCUT2D eigenvalue weighted by atomic mass is 16.5. The van der Waals surface area contributed by atoms with Gasteiger partial charge >= 0.3 is 0 Å². The Morgan fingerprint density at radius 3 is 3.10 bits per heavy atom. The van der Waals surface area contributed by atoms with E-state index in [-0.39, 0.29) is 0 Å². The van der Waals surface area contributed by atoms with Gasteiger partial charge in [-0.05, 0) is 6.42 Å². The van der Waals surface area contributed by atoms with Gasteiger partial charge in [-0.1, -0.05) is 6.92 Å². The number of methoxy groups -OCH3 is 1. The lowest BCUT2D eigenvalue weighted by Crippen LogP contribution is -1.92. The van der Waals surface area contributed by atoms with E-state index in [1.54, 1.807) is 13.4 Å². The average Bonchev–Trinajstić information content (AvgIpc) is 2.36. The molecule has 56 valence electrons. The van der Waals surface area contributed by atoms with Gasteiger partial charge in [0, 0.05) is 7.11 Å². The SMILES string of the molecule is CCc1nc[nH]c1COC. The van der Waals surface area contributed by atoms with Crippen LogP contribution >= 0.6 is 0 Å². The molecule has 1 aromatic rings. The summed E-state index contributed by atoms with van der Waals surface area (Å²) in [6, 6.07) is 0. The molecule has 10 heavy (non-hydrogen) atoms. The van der Waals surface area contributed by atoms with E-state index < -0.39 is 0 Å². The van der Waals surface area contributed by atoms with Gasteiger partial charge in [-0.15, -0.1) is 0 Å². The number of aromatic amines is 1. The Morgan fingerprint density at radius 2 is 2.50 bits per heavy atom. The minimum atomic E-state index is 0.628.